The van der Waals surface area contributed by atoms with E-state index in [2.05, 4.69) is 58.7 Å². The number of nitrogens with one attached hydrogen (secondary N) is 2. The number of thiazole rings is 1. The molecule has 0 bridgehead atoms. The maximum Gasteiger partial charge on any atom is 0.190 e. The van der Waals surface area contributed by atoms with Crippen LogP contribution in [-0.4, -0.2) is 31.1 Å². The highest BCUT2D eigenvalue weighted by Gasteiger charge is 2.05. The van der Waals surface area contributed by atoms with Crippen LogP contribution in [0.3, 0.4) is 0 Å². The minimum absolute atomic E-state index is 0.856. The van der Waals surface area contributed by atoms with Crippen LogP contribution in [0.15, 0.2) is 35.3 Å². The molecule has 118 valence electrons. The van der Waals surface area contributed by atoms with Gasteiger partial charge in [-0.2, -0.15) is 0 Å². The Bertz CT molecular complexity index is 604. The molecule has 0 saturated heterocycles. The predicted octanol–water partition coefficient (Wildman–Crippen LogP) is 2.71. The van der Waals surface area contributed by atoms with Crippen molar-refractivity contribution in [2.45, 2.75) is 26.7 Å². The summed E-state index contributed by atoms with van der Waals surface area (Å²) < 4.78 is 0. The first-order chi connectivity index (χ1) is 10.7. The van der Waals surface area contributed by atoms with E-state index in [1.54, 1.807) is 18.4 Å². The van der Waals surface area contributed by atoms with Crippen molar-refractivity contribution in [3.63, 3.8) is 0 Å². The topological polar surface area (TPSA) is 49.3 Å². The molecule has 22 heavy (non-hydrogen) atoms. The predicted molar refractivity (Wildman–Crippen MR) is 94.8 cm³/mol. The van der Waals surface area contributed by atoms with Crippen molar-refractivity contribution in [3.05, 3.63) is 51.5 Å². The standard InChI is InChI=1S/C17H24N4S/c1-13-16(22-14(2)21-13)10-12-20-17(18-3)19-11-9-15-7-5-4-6-8-15/h4-8H,9-12H2,1-3H3,(H2,18,19,20). The molecule has 2 N–H and O–H groups in total. The molecule has 0 amide bonds. The van der Waals surface area contributed by atoms with Crippen molar-refractivity contribution in [2.75, 3.05) is 20.1 Å². The monoisotopic (exact) mass is 316 g/mol. The van der Waals surface area contributed by atoms with E-state index in [0.29, 0.717) is 0 Å². The summed E-state index contributed by atoms with van der Waals surface area (Å²) in [4.78, 5) is 10.1. The molecule has 0 atom stereocenters. The van der Waals surface area contributed by atoms with Crippen molar-refractivity contribution >= 4 is 17.3 Å². The number of hydrogen-bond donors (Lipinski definition) is 2. The zero-order valence-corrected chi connectivity index (χ0v) is 14.3. The number of aryl methyl sites for hydroxylation is 2. The molecule has 1 aromatic heterocycles. The van der Waals surface area contributed by atoms with Gasteiger partial charge in [0.25, 0.3) is 0 Å². The summed E-state index contributed by atoms with van der Waals surface area (Å²) in [5, 5.41) is 7.85. The Morgan fingerprint density at radius 1 is 1.09 bits per heavy atom. The highest BCUT2D eigenvalue weighted by atomic mass is 32.1. The lowest BCUT2D eigenvalue weighted by Crippen LogP contribution is -2.39. The summed E-state index contributed by atoms with van der Waals surface area (Å²) in [6, 6.07) is 10.5. The van der Waals surface area contributed by atoms with Crippen LogP contribution in [0.1, 0.15) is 21.1 Å². The van der Waals surface area contributed by atoms with E-state index >= 15 is 0 Å². The van der Waals surface area contributed by atoms with Crippen molar-refractivity contribution in [1.82, 2.24) is 15.6 Å². The first-order valence-corrected chi connectivity index (χ1v) is 8.42. The number of aliphatic imine (C=N–C) groups is 1. The number of hydrogen-bond acceptors (Lipinski definition) is 3. The molecule has 1 aromatic carbocycles. The van der Waals surface area contributed by atoms with Crippen LogP contribution in [0.2, 0.25) is 0 Å². The summed E-state index contributed by atoms with van der Waals surface area (Å²) in [6.45, 7) is 5.88. The average molecular weight is 316 g/mol. The molecular weight excluding hydrogens is 292 g/mol. The molecule has 2 rings (SSSR count). The number of nitrogens with zero attached hydrogens (tertiary/aromatic N) is 2. The lowest BCUT2D eigenvalue weighted by Gasteiger charge is -2.11. The third-order valence-corrected chi connectivity index (χ3v) is 4.55. The molecule has 0 unspecified atom stereocenters. The number of rotatable bonds is 6. The Morgan fingerprint density at radius 2 is 1.77 bits per heavy atom. The molecule has 0 fully saturated rings. The van der Waals surface area contributed by atoms with Gasteiger partial charge in [0.15, 0.2) is 5.96 Å². The summed E-state index contributed by atoms with van der Waals surface area (Å²) in [5.41, 5.74) is 2.48. The molecule has 0 aliphatic carbocycles. The van der Waals surface area contributed by atoms with E-state index in [1.165, 1.54) is 10.4 Å². The lowest BCUT2D eigenvalue weighted by molar-refractivity contribution is 0.785. The van der Waals surface area contributed by atoms with Gasteiger partial charge >= 0.3 is 0 Å². The fraction of sp³-hybridized carbons (Fsp3) is 0.412. The van der Waals surface area contributed by atoms with Gasteiger partial charge in [-0.05, 0) is 25.8 Å². The van der Waals surface area contributed by atoms with Crippen LogP contribution in [0.25, 0.3) is 0 Å². The maximum absolute atomic E-state index is 4.46. The smallest absolute Gasteiger partial charge is 0.190 e. The zero-order valence-electron chi connectivity index (χ0n) is 13.5. The van der Waals surface area contributed by atoms with Gasteiger partial charge in [0, 0.05) is 31.4 Å². The molecule has 2 aromatic rings. The van der Waals surface area contributed by atoms with Gasteiger partial charge in [-0.1, -0.05) is 30.3 Å². The third-order valence-electron chi connectivity index (χ3n) is 3.42. The second-order valence-corrected chi connectivity index (χ2v) is 6.44. The molecule has 0 aliphatic rings. The highest BCUT2D eigenvalue weighted by molar-refractivity contribution is 7.11. The Labute approximate surface area is 136 Å². The minimum Gasteiger partial charge on any atom is -0.356 e. The van der Waals surface area contributed by atoms with Crippen LogP contribution in [0, 0.1) is 13.8 Å². The number of benzene rings is 1. The maximum atomic E-state index is 4.46. The van der Waals surface area contributed by atoms with Gasteiger partial charge in [-0.15, -0.1) is 11.3 Å². The molecule has 0 saturated carbocycles. The van der Waals surface area contributed by atoms with Gasteiger partial charge in [0.1, 0.15) is 0 Å². The van der Waals surface area contributed by atoms with Crippen molar-refractivity contribution in [1.29, 1.82) is 0 Å². The lowest BCUT2D eigenvalue weighted by atomic mass is 10.1. The molecule has 0 aliphatic heterocycles. The Kier molecular flexibility index (Phi) is 6.40. The fourth-order valence-corrected chi connectivity index (χ4v) is 3.23. The van der Waals surface area contributed by atoms with Gasteiger partial charge < -0.3 is 10.6 Å². The van der Waals surface area contributed by atoms with Crippen LogP contribution >= 0.6 is 11.3 Å². The van der Waals surface area contributed by atoms with Crippen LogP contribution in [-0.2, 0) is 12.8 Å². The van der Waals surface area contributed by atoms with Crippen molar-refractivity contribution in [2.24, 2.45) is 4.99 Å². The van der Waals surface area contributed by atoms with E-state index in [9.17, 15) is 0 Å². The van der Waals surface area contributed by atoms with E-state index in [4.69, 9.17) is 0 Å². The van der Waals surface area contributed by atoms with E-state index in [1.807, 2.05) is 6.07 Å². The molecule has 0 spiro atoms. The summed E-state index contributed by atoms with van der Waals surface area (Å²) in [7, 11) is 1.81. The second-order valence-electron chi connectivity index (χ2n) is 5.15. The molecule has 4 nitrogen and oxygen atoms in total. The molecule has 0 radical (unpaired) electrons. The van der Waals surface area contributed by atoms with E-state index in [-0.39, 0.29) is 0 Å². The SMILES string of the molecule is CN=C(NCCc1ccccc1)NCCc1sc(C)nc1C. The minimum atomic E-state index is 0.856. The fourth-order valence-electron chi connectivity index (χ4n) is 2.29. The Hall–Kier alpha value is -1.88. The summed E-state index contributed by atoms with van der Waals surface area (Å²) >= 11 is 1.78. The normalized spacial score (nSPS) is 11.5. The molecule has 1 heterocycles. The number of aromatic nitrogens is 1. The quantitative estimate of drug-likeness (QED) is 0.636. The molecule has 5 heteroatoms. The van der Waals surface area contributed by atoms with Crippen molar-refractivity contribution < 1.29 is 0 Å². The van der Waals surface area contributed by atoms with Crippen LogP contribution < -0.4 is 10.6 Å². The summed E-state index contributed by atoms with van der Waals surface area (Å²) in [5.74, 6) is 0.856. The first kappa shape index (κ1) is 16.5. The molecular formula is C17H24N4S. The Balaban J connectivity index is 1.70. The summed E-state index contributed by atoms with van der Waals surface area (Å²) in [6.07, 6.45) is 1.98. The largest absolute Gasteiger partial charge is 0.356 e. The Morgan fingerprint density at radius 3 is 2.36 bits per heavy atom. The zero-order chi connectivity index (χ0) is 15.8. The van der Waals surface area contributed by atoms with Gasteiger partial charge in [0.05, 0.1) is 10.7 Å². The van der Waals surface area contributed by atoms with Gasteiger partial charge in [-0.3, -0.25) is 4.99 Å². The van der Waals surface area contributed by atoms with Gasteiger partial charge in [-0.25, -0.2) is 4.98 Å². The van der Waals surface area contributed by atoms with E-state index in [0.717, 1.165) is 42.6 Å². The van der Waals surface area contributed by atoms with Crippen LogP contribution in [0.5, 0.6) is 0 Å². The third kappa shape index (κ3) is 5.15. The second kappa shape index (κ2) is 8.54. The first-order valence-electron chi connectivity index (χ1n) is 7.60. The number of guanidine groups is 1. The average Bonchev–Trinajstić information content (AvgIpc) is 2.84. The van der Waals surface area contributed by atoms with E-state index < -0.39 is 0 Å². The van der Waals surface area contributed by atoms with Crippen LogP contribution in [0.4, 0.5) is 0 Å². The van der Waals surface area contributed by atoms with Crippen molar-refractivity contribution in [3.8, 4) is 0 Å². The highest BCUT2D eigenvalue weighted by Crippen LogP contribution is 2.16. The van der Waals surface area contributed by atoms with Gasteiger partial charge in [0.2, 0.25) is 0 Å².